The third-order valence-electron chi connectivity index (χ3n) is 1.81. The molecule has 1 rings (SSSR count). The smallest absolute Gasteiger partial charge is 0.255 e. The highest BCUT2D eigenvalue weighted by atomic mass is 16.5. The van der Waals surface area contributed by atoms with E-state index >= 15 is 0 Å². The molecule has 0 aliphatic rings. The lowest BCUT2D eigenvalue weighted by atomic mass is 10.2. The van der Waals surface area contributed by atoms with Gasteiger partial charge in [0, 0.05) is 24.2 Å². The predicted octanol–water partition coefficient (Wildman–Crippen LogP) is 1.13. The second-order valence-electron chi connectivity index (χ2n) is 2.79. The molecule has 0 spiro atoms. The van der Waals surface area contributed by atoms with E-state index in [1.54, 1.807) is 6.07 Å². The molecule has 0 saturated heterocycles. The Kier molecular flexibility index (Phi) is 4.62. The Morgan fingerprint density at radius 2 is 2.56 bits per heavy atom. The summed E-state index contributed by atoms with van der Waals surface area (Å²) in [4.78, 5) is 18.0. The van der Waals surface area contributed by atoms with Crippen LogP contribution in [0.2, 0.25) is 0 Å². The number of pyridine rings is 1. The number of nitrogens with one attached hydrogen (secondary N) is 1. The summed E-state index contributed by atoms with van der Waals surface area (Å²) in [7, 11) is 1.47. The topological polar surface area (TPSA) is 100.0 Å². The quantitative estimate of drug-likeness (QED) is 0.349. The summed E-state index contributed by atoms with van der Waals surface area (Å²) in [5, 5.41) is 5.90. The molecular weight excluding hydrogens is 210 g/mol. The maximum Gasteiger partial charge on any atom is 0.255 e. The van der Waals surface area contributed by atoms with Gasteiger partial charge in [0.25, 0.3) is 5.91 Å². The Balaban J connectivity index is 2.61. The van der Waals surface area contributed by atoms with Crippen LogP contribution in [-0.2, 0) is 0 Å². The molecule has 16 heavy (non-hydrogen) atoms. The van der Waals surface area contributed by atoms with E-state index < -0.39 is 0 Å². The zero-order valence-electron chi connectivity index (χ0n) is 8.75. The maximum atomic E-state index is 11.6. The van der Waals surface area contributed by atoms with Gasteiger partial charge in [-0.3, -0.25) is 9.78 Å². The lowest BCUT2D eigenvalue weighted by Crippen LogP contribution is -2.26. The number of carbonyl (C=O) groups excluding carboxylic acids is 1. The van der Waals surface area contributed by atoms with E-state index in [0.717, 1.165) is 0 Å². The third-order valence-corrected chi connectivity index (χ3v) is 1.81. The van der Waals surface area contributed by atoms with E-state index in [9.17, 15) is 4.79 Å². The van der Waals surface area contributed by atoms with Crippen LogP contribution in [-0.4, -0.2) is 31.1 Å². The molecule has 1 heterocycles. The van der Waals surface area contributed by atoms with Crippen LogP contribution in [0, 0.1) is 0 Å². The Morgan fingerprint density at radius 1 is 1.75 bits per heavy atom. The third kappa shape index (κ3) is 3.14. The molecule has 1 aromatic heterocycles. The minimum absolute atomic E-state index is 0.218. The van der Waals surface area contributed by atoms with Crippen LogP contribution < -0.4 is 10.1 Å². The highest BCUT2D eigenvalue weighted by Crippen LogP contribution is 2.14. The summed E-state index contributed by atoms with van der Waals surface area (Å²) in [6, 6.07) is 1.56. The van der Waals surface area contributed by atoms with Gasteiger partial charge < -0.3 is 10.1 Å². The Morgan fingerprint density at radius 3 is 3.25 bits per heavy atom. The van der Waals surface area contributed by atoms with Crippen LogP contribution in [0.4, 0.5) is 0 Å². The summed E-state index contributed by atoms with van der Waals surface area (Å²) >= 11 is 0. The largest absolute Gasteiger partial charge is 0.494 e. The molecular formula is C9H11N5O2. The van der Waals surface area contributed by atoms with Crippen LogP contribution in [0.5, 0.6) is 5.75 Å². The molecule has 0 aliphatic carbocycles. The number of nitrogens with zero attached hydrogens (tertiary/aromatic N) is 4. The minimum atomic E-state index is -0.285. The lowest BCUT2D eigenvalue weighted by Gasteiger charge is -2.07. The van der Waals surface area contributed by atoms with Crippen molar-refractivity contribution < 1.29 is 9.53 Å². The number of ether oxygens (including phenoxy) is 1. The number of azide groups is 1. The van der Waals surface area contributed by atoms with E-state index in [-0.39, 0.29) is 19.0 Å². The molecule has 0 radical (unpaired) electrons. The van der Waals surface area contributed by atoms with Gasteiger partial charge >= 0.3 is 0 Å². The van der Waals surface area contributed by atoms with Gasteiger partial charge in [0.2, 0.25) is 0 Å². The van der Waals surface area contributed by atoms with Gasteiger partial charge in [-0.1, -0.05) is 5.11 Å². The molecule has 84 valence electrons. The second kappa shape index (κ2) is 6.26. The number of aromatic nitrogens is 1. The summed E-state index contributed by atoms with van der Waals surface area (Å²) in [5.41, 5.74) is 8.45. The molecule has 0 aromatic carbocycles. The molecule has 0 aliphatic heterocycles. The van der Waals surface area contributed by atoms with Gasteiger partial charge in [-0.15, -0.1) is 0 Å². The Bertz CT molecular complexity index is 414. The van der Waals surface area contributed by atoms with Crippen LogP contribution in [0.15, 0.2) is 23.6 Å². The fraction of sp³-hybridized carbons (Fsp3) is 0.333. The van der Waals surface area contributed by atoms with Crippen molar-refractivity contribution in [1.29, 1.82) is 0 Å². The van der Waals surface area contributed by atoms with Crippen molar-refractivity contribution in [2.45, 2.75) is 0 Å². The molecule has 1 amide bonds. The summed E-state index contributed by atoms with van der Waals surface area (Å²) in [6.07, 6.45) is 2.97. The van der Waals surface area contributed by atoms with Crippen LogP contribution in [0.3, 0.4) is 0 Å². The monoisotopic (exact) mass is 221 g/mol. The fourth-order valence-corrected chi connectivity index (χ4v) is 1.09. The first-order valence-electron chi connectivity index (χ1n) is 4.56. The summed E-state index contributed by atoms with van der Waals surface area (Å²) < 4.78 is 4.99. The number of hydrogen-bond acceptors (Lipinski definition) is 4. The van der Waals surface area contributed by atoms with Crippen molar-refractivity contribution in [3.8, 4) is 5.75 Å². The Labute approximate surface area is 92.1 Å². The lowest BCUT2D eigenvalue weighted by molar-refractivity contribution is 0.0951. The highest BCUT2D eigenvalue weighted by molar-refractivity contribution is 5.96. The highest BCUT2D eigenvalue weighted by Gasteiger charge is 2.10. The van der Waals surface area contributed by atoms with Gasteiger partial charge in [0.1, 0.15) is 5.75 Å². The number of rotatable bonds is 5. The van der Waals surface area contributed by atoms with Gasteiger partial charge in [-0.05, 0) is 11.6 Å². The predicted molar refractivity (Wildman–Crippen MR) is 57.1 cm³/mol. The Hall–Kier alpha value is -2.27. The molecule has 0 atom stereocenters. The first kappa shape index (κ1) is 11.8. The van der Waals surface area contributed by atoms with Crippen molar-refractivity contribution in [1.82, 2.24) is 10.3 Å². The number of methoxy groups -OCH3 is 1. The van der Waals surface area contributed by atoms with Gasteiger partial charge in [0.15, 0.2) is 0 Å². The van der Waals surface area contributed by atoms with E-state index in [2.05, 4.69) is 20.3 Å². The molecule has 7 nitrogen and oxygen atoms in total. The first-order valence-corrected chi connectivity index (χ1v) is 4.56. The average Bonchev–Trinajstić information content (AvgIpc) is 2.34. The molecule has 0 bridgehead atoms. The minimum Gasteiger partial charge on any atom is -0.494 e. The van der Waals surface area contributed by atoms with Gasteiger partial charge in [0.05, 0.1) is 18.9 Å². The van der Waals surface area contributed by atoms with E-state index in [1.807, 2.05) is 0 Å². The summed E-state index contributed by atoms with van der Waals surface area (Å²) in [5.74, 6) is 0.121. The molecule has 0 fully saturated rings. The SMILES string of the molecule is COc1cnccc1C(=O)NCCN=[N+]=[N-]. The average molecular weight is 221 g/mol. The zero-order chi connectivity index (χ0) is 11.8. The second-order valence-corrected chi connectivity index (χ2v) is 2.79. The number of amides is 1. The van der Waals surface area contributed by atoms with Crippen LogP contribution >= 0.6 is 0 Å². The normalized spacial score (nSPS) is 9.06. The van der Waals surface area contributed by atoms with Crippen molar-refractivity contribution in [2.24, 2.45) is 5.11 Å². The number of hydrogen-bond donors (Lipinski definition) is 1. The first-order chi connectivity index (χ1) is 7.79. The molecule has 1 N–H and O–H groups in total. The van der Waals surface area contributed by atoms with E-state index in [0.29, 0.717) is 11.3 Å². The fourth-order valence-electron chi connectivity index (χ4n) is 1.09. The van der Waals surface area contributed by atoms with Crippen molar-refractivity contribution in [3.63, 3.8) is 0 Å². The van der Waals surface area contributed by atoms with Crippen molar-refractivity contribution >= 4 is 5.91 Å². The van der Waals surface area contributed by atoms with Gasteiger partial charge in [-0.25, -0.2) is 0 Å². The summed E-state index contributed by atoms with van der Waals surface area (Å²) in [6.45, 7) is 0.504. The molecule has 0 saturated carbocycles. The standard InChI is InChI=1S/C9H11N5O2/c1-16-8-6-11-3-2-7(8)9(15)12-4-5-13-14-10/h2-3,6H,4-5H2,1H3,(H,12,15). The van der Waals surface area contributed by atoms with Crippen molar-refractivity contribution in [3.05, 3.63) is 34.5 Å². The van der Waals surface area contributed by atoms with E-state index in [4.69, 9.17) is 10.3 Å². The van der Waals surface area contributed by atoms with Crippen LogP contribution in [0.1, 0.15) is 10.4 Å². The maximum absolute atomic E-state index is 11.6. The van der Waals surface area contributed by atoms with E-state index in [1.165, 1.54) is 19.5 Å². The van der Waals surface area contributed by atoms with Gasteiger partial charge in [-0.2, -0.15) is 0 Å². The number of carbonyl (C=O) groups is 1. The van der Waals surface area contributed by atoms with Crippen LogP contribution in [0.25, 0.3) is 10.4 Å². The molecule has 1 aromatic rings. The van der Waals surface area contributed by atoms with Crippen molar-refractivity contribution in [2.75, 3.05) is 20.2 Å². The zero-order valence-corrected chi connectivity index (χ0v) is 8.75. The molecule has 0 unspecified atom stereocenters. The molecule has 7 heteroatoms.